The molecule has 1 saturated heterocycles. The van der Waals surface area contributed by atoms with E-state index >= 15 is 0 Å². The highest BCUT2D eigenvalue weighted by molar-refractivity contribution is 6.30. The van der Waals surface area contributed by atoms with Crippen LogP contribution >= 0.6 is 23.2 Å². The fourth-order valence-corrected chi connectivity index (χ4v) is 6.34. The predicted octanol–water partition coefficient (Wildman–Crippen LogP) is 7.52. The fourth-order valence-electron chi connectivity index (χ4n) is 6.09. The molecule has 9 heteroatoms. The highest BCUT2D eigenvalue weighted by atomic mass is 35.5. The molecule has 0 aliphatic carbocycles. The third-order valence-corrected chi connectivity index (χ3v) is 9.43. The SMILES string of the molecule is CCOc1cc(C(C)(C)C)ncc1C1=N[C@@](C)(c2ccc(Cl)cc2)C(C)(c2ccc(Cl)cc2)N1C(=O)N1CCC(N)CC1. The van der Waals surface area contributed by atoms with E-state index in [0.717, 1.165) is 29.7 Å². The second-order valence-electron chi connectivity index (χ2n) is 12.8. The highest BCUT2D eigenvalue weighted by Gasteiger charge is 2.60. The van der Waals surface area contributed by atoms with Crippen LogP contribution in [0, 0.1) is 0 Å². The van der Waals surface area contributed by atoms with E-state index in [1.54, 1.807) is 6.20 Å². The minimum absolute atomic E-state index is 0.0800. The van der Waals surface area contributed by atoms with Crippen LogP contribution in [0.5, 0.6) is 5.75 Å². The molecule has 43 heavy (non-hydrogen) atoms. The summed E-state index contributed by atoms with van der Waals surface area (Å²) in [5.74, 6) is 1.14. The van der Waals surface area contributed by atoms with Crippen LogP contribution in [0.4, 0.5) is 4.79 Å². The van der Waals surface area contributed by atoms with Crippen molar-refractivity contribution in [3.8, 4) is 5.75 Å². The summed E-state index contributed by atoms with van der Waals surface area (Å²) >= 11 is 12.7. The number of likely N-dealkylation sites (tertiary alicyclic amines) is 1. The summed E-state index contributed by atoms with van der Waals surface area (Å²) in [5, 5.41) is 1.24. The van der Waals surface area contributed by atoms with Gasteiger partial charge in [-0.1, -0.05) is 68.2 Å². The molecule has 5 rings (SSSR count). The molecule has 0 saturated carbocycles. The Morgan fingerprint density at radius 3 is 2.09 bits per heavy atom. The Bertz CT molecular complexity index is 1510. The van der Waals surface area contributed by atoms with Crippen molar-refractivity contribution < 1.29 is 9.53 Å². The Labute approximate surface area is 265 Å². The molecule has 1 fully saturated rings. The fraction of sp³-hybridized carbons (Fsp3) is 0.441. The van der Waals surface area contributed by atoms with E-state index < -0.39 is 11.1 Å². The van der Waals surface area contributed by atoms with Crippen LogP contribution in [0.2, 0.25) is 10.0 Å². The molecule has 1 aromatic heterocycles. The maximum Gasteiger partial charge on any atom is 0.326 e. The lowest BCUT2D eigenvalue weighted by atomic mass is 9.71. The van der Waals surface area contributed by atoms with Crippen molar-refractivity contribution in [2.45, 2.75) is 76.9 Å². The number of rotatable bonds is 5. The standard InChI is InChI=1S/C34H41Cl2N5O2/c1-7-43-28-20-29(32(2,3)4)38-21-27(28)30-39-33(5,22-8-12-24(35)13-9-22)34(6,23-10-14-25(36)15-11-23)41(30)31(42)40-18-16-26(37)17-19-40/h8-15,20-21,26H,7,16-19,37H2,1-6H3/t33-,34?/m0/s1. The lowest BCUT2D eigenvalue weighted by Crippen LogP contribution is -2.59. The van der Waals surface area contributed by atoms with Gasteiger partial charge in [0.25, 0.3) is 0 Å². The van der Waals surface area contributed by atoms with Gasteiger partial charge in [-0.25, -0.2) is 4.79 Å². The van der Waals surface area contributed by atoms with Crippen molar-refractivity contribution in [2.24, 2.45) is 10.7 Å². The molecule has 0 radical (unpaired) electrons. The lowest BCUT2D eigenvalue weighted by Gasteiger charge is -2.47. The van der Waals surface area contributed by atoms with Crippen molar-refractivity contribution in [3.63, 3.8) is 0 Å². The van der Waals surface area contributed by atoms with Gasteiger partial charge in [0.1, 0.15) is 22.7 Å². The first-order valence-corrected chi connectivity index (χ1v) is 15.7. The summed E-state index contributed by atoms with van der Waals surface area (Å²) in [5.41, 5.74) is 7.52. The molecule has 2 N–H and O–H groups in total. The van der Waals surface area contributed by atoms with E-state index in [-0.39, 0.29) is 17.5 Å². The zero-order chi connectivity index (χ0) is 31.2. The van der Waals surface area contributed by atoms with E-state index in [4.69, 9.17) is 43.6 Å². The third-order valence-electron chi connectivity index (χ3n) is 8.93. The summed E-state index contributed by atoms with van der Waals surface area (Å²) in [7, 11) is 0. The van der Waals surface area contributed by atoms with Gasteiger partial charge >= 0.3 is 6.03 Å². The van der Waals surface area contributed by atoms with Crippen LogP contribution in [-0.4, -0.2) is 52.4 Å². The van der Waals surface area contributed by atoms with Crippen molar-refractivity contribution in [3.05, 3.63) is 93.2 Å². The minimum Gasteiger partial charge on any atom is -0.493 e. The number of aliphatic imine (C=N–C) groups is 1. The van der Waals surface area contributed by atoms with Gasteiger partial charge in [0.15, 0.2) is 0 Å². The van der Waals surface area contributed by atoms with Crippen LogP contribution < -0.4 is 10.5 Å². The molecule has 7 nitrogen and oxygen atoms in total. The van der Waals surface area contributed by atoms with Crippen molar-refractivity contribution in [2.75, 3.05) is 19.7 Å². The smallest absolute Gasteiger partial charge is 0.326 e. The monoisotopic (exact) mass is 621 g/mol. The number of nitrogens with two attached hydrogens (primary N) is 1. The van der Waals surface area contributed by atoms with Gasteiger partial charge in [0.05, 0.1) is 12.2 Å². The molecule has 3 heterocycles. The van der Waals surface area contributed by atoms with E-state index in [1.807, 2.05) is 71.3 Å². The molecule has 2 aliphatic rings. The zero-order valence-electron chi connectivity index (χ0n) is 25.8. The molecule has 2 aromatic carbocycles. The summed E-state index contributed by atoms with van der Waals surface area (Å²) in [6.45, 7) is 14.0. The van der Waals surface area contributed by atoms with Crippen LogP contribution in [0.25, 0.3) is 0 Å². The first-order chi connectivity index (χ1) is 20.3. The third kappa shape index (κ3) is 5.63. The van der Waals surface area contributed by atoms with E-state index in [1.165, 1.54) is 0 Å². The number of halogens is 2. The number of aromatic nitrogens is 1. The molecule has 0 bridgehead atoms. The Morgan fingerprint density at radius 2 is 1.56 bits per heavy atom. The summed E-state index contributed by atoms with van der Waals surface area (Å²) < 4.78 is 6.23. The molecule has 3 aromatic rings. The quantitative estimate of drug-likeness (QED) is 0.319. The first-order valence-electron chi connectivity index (χ1n) is 14.9. The number of benzene rings is 2. The molecule has 228 valence electrons. The van der Waals surface area contributed by atoms with Crippen LogP contribution in [0.1, 0.15) is 76.8 Å². The Balaban J connectivity index is 1.79. The van der Waals surface area contributed by atoms with Gasteiger partial charge in [0.2, 0.25) is 0 Å². The van der Waals surface area contributed by atoms with Gasteiger partial charge in [-0.15, -0.1) is 0 Å². The number of amidine groups is 1. The number of nitrogens with zero attached hydrogens (tertiary/aromatic N) is 4. The predicted molar refractivity (Wildman–Crippen MR) is 174 cm³/mol. The van der Waals surface area contributed by atoms with Gasteiger partial charge in [-0.2, -0.15) is 0 Å². The van der Waals surface area contributed by atoms with Crippen LogP contribution in [-0.2, 0) is 16.5 Å². The van der Waals surface area contributed by atoms with Crippen molar-refractivity contribution >= 4 is 35.1 Å². The number of carbonyl (C=O) groups excluding carboxylic acids is 1. The van der Waals surface area contributed by atoms with Crippen LogP contribution in [0.15, 0.2) is 65.8 Å². The number of piperidine rings is 1. The second kappa shape index (κ2) is 11.8. The molecule has 1 unspecified atom stereocenters. The average Bonchev–Trinajstić information content (AvgIpc) is 3.21. The van der Waals surface area contributed by atoms with E-state index in [9.17, 15) is 4.79 Å². The summed E-state index contributed by atoms with van der Waals surface area (Å²) in [4.78, 5) is 28.9. The summed E-state index contributed by atoms with van der Waals surface area (Å²) in [6, 6.07) is 17.3. The minimum atomic E-state index is -0.969. The molecule has 2 atom stereocenters. The van der Waals surface area contributed by atoms with Gasteiger partial charge < -0.3 is 15.4 Å². The second-order valence-corrected chi connectivity index (χ2v) is 13.7. The Hall–Kier alpha value is -3.13. The number of urea groups is 1. The van der Waals surface area contributed by atoms with Gasteiger partial charge in [-0.3, -0.25) is 14.9 Å². The maximum absolute atomic E-state index is 14.8. The van der Waals surface area contributed by atoms with Gasteiger partial charge in [0, 0.05) is 52.5 Å². The molecule has 2 amide bonds. The molecular weight excluding hydrogens is 581 g/mol. The normalized spacial score (nSPS) is 23.0. The topological polar surface area (TPSA) is 84.1 Å². The van der Waals surface area contributed by atoms with Crippen LogP contribution in [0.3, 0.4) is 0 Å². The molecule has 2 aliphatic heterocycles. The highest BCUT2D eigenvalue weighted by Crippen LogP contribution is 2.54. The zero-order valence-corrected chi connectivity index (χ0v) is 27.3. The largest absolute Gasteiger partial charge is 0.493 e. The number of hydrogen-bond acceptors (Lipinski definition) is 5. The number of amides is 2. The number of pyridine rings is 1. The van der Waals surface area contributed by atoms with E-state index in [0.29, 0.717) is 46.9 Å². The molecular formula is C34H41Cl2N5O2. The Morgan fingerprint density at radius 1 is 1.00 bits per heavy atom. The lowest BCUT2D eigenvalue weighted by molar-refractivity contribution is 0.101. The maximum atomic E-state index is 14.8. The van der Waals surface area contributed by atoms with Crippen molar-refractivity contribution in [1.29, 1.82) is 0 Å². The summed E-state index contributed by atoms with van der Waals surface area (Å²) in [6.07, 6.45) is 3.28. The number of carbonyl (C=O) groups is 1. The first kappa shape index (κ1) is 31.3. The molecule has 0 spiro atoms. The number of ether oxygens (including phenoxy) is 1. The average molecular weight is 623 g/mol. The number of hydrogen-bond donors (Lipinski definition) is 1. The Kier molecular flexibility index (Phi) is 8.55. The van der Waals surface area contributed by atoms with E-state index in [2.05, 4.69) is 34.6 Å². The van der Waals surface area contributed by atoms with Crippen molar-refractivity contribution in [1.82, 2.24) is 14.8 Å². The van der Waals surface area contributed by atoms with Gasteiger partial charge in [-0.05, 0) is 69.0 Å².